The second kappa shape index (κ2) is 8.46. The lowest BCUT2D eigenvalue weighted by atomic mass is 10.2. The molecule has 6 heteroatoms. The molecule has 0 radical (unpaired) electrons. The Balaban J connectivity index is 2.65. The number of hydrogen-bond donors (Lipinski definition) is 1. The fourth-order valence-corrected chi connectivity index (χ4v) is 3.49. The van der Waals surface area contributed by atoms with Crippen molar-refractivity contribution < 1.29 is 8.42 Å². The van der Waals surface area contributed by atoms with Crippen LogP contribution >= 0.6 is 12.2 Å². The van der Waals surface area contributed by atoms with E-state index in [0.717, 1.165) is 19.4 Å². The zero-order chi connectivity index (χ0) is 15.9. The molecule has 0 aliphatic heterocycles. The van der Waals surface area contributed by atoms with Gasteiger partial charge in [-0.05, 0) is 32.1 Å². The summed E-state index contributed by atoms with van der Waals surface area (Å²) in [5.74, 6) is 0.108. The monoisotopic (exact) mass is 328 g/mol. The highest BCUT2D eigenvalue weighted by Gasteiger charge is 2.16. The number of benzene rings is 1. The van der Waals surface area contributed by atoms with Crippen molar-refractivity contribution in [1.29, 1.82) is 0 Å². The molecule has 0 aliphatic carbocycles. The van der Waals surface area contributed by atoms with E-state index in [0.29, 0.717) is 12.1 Å². The van der Waals surface area contributed by atoms with Gasteiger partial charge in [-0.1, -0.05) is 44.1 Å². The van der Waals surface area contributed by atoms with Gasteiger partial charge in [-0.25, -0.2) is 8.42 Å². The third kappa shape index (κ3) is 6.11. The molecule has 0 saturated heterocycles. The lowest BCUT2D eigenvalue weighted by Gasteiger charge is -2.16. The molecule has 1 aromatic rings. The molecule has 0 aliphatic rings. The topological polar surface area (TPSA) is 63.4 Å². The first kappa shape index (κ1) is 18.1. The van der Waals surface area contributed by atoms with E-state index in [1.807, 2.05) is 7.05 Å². The normalized spacial score (nSPS) is 11.8. The molecule has 2 N–H and O–H groups in total. The maximum Gasteiger partial charge on any atom is 0.179 e. The molecule has 0 spiro atoms. The Bertz CT molecular complexity index is 571. The SMILES string of the molecule is CCCCCN(C)CCS(=O)(=O)c1cccc(C(N)=S)c1. The maximum absolute atomic E-state index is 12.3. The minimum atomic E-state index is -3.30. The number of hydrogen-bond acceptors (Lipinski definition) is 4. The highest BCUT2D eigenvalue weighted by Crippen LogP contribution is 2.13. The number of sulfone groups is 1. The van der Waals surface area contributed by atoms with E-state index in [2.05, 4.69) is 11.8 Å². The molecule has 0 atom stereocenters. The summed E-state index contributed by atoms with van der Waals surface area (Å²) in [6.07, 6.45) is 3.44. The van der Waals surface area contributed by atoms with Crippen LogP contribution in [0.4, 0.5) is 0 Å². The van der Waals surface area contributed by atoms with Gasteiger partial charge in [-0.2, -0.15) is 0 Å². The van der Waals surface area contributed by atoms with Gasteiger partial charge in [-0.15, -0.1) is 0 Å². The van der Waals surface area contributed by atoms with Crippen molar-refractivity contribution in [3.63, 3.8) is 0 Å². The van der Waals surface area contributed by atoms with Crippen LogP contribution in [-0.2, 0) is 9.84 Å². The van der Waals surface area contributed by atoms with Gasteiger partial charge in [-0.3, -0.25) is 0 Å². The van der Waals surface area contributed by atoms with E-state index in [1.54, 1.807) is 24.3 Å². The second-order valence-corrected chi connectivity index (χ2v) is 7.77. The minimum Gasteiger partial charge on any atom is -0.389 e. The van der Waals surface area contributed by atoms with Gasteiger partial charge in [0.2, 0.25) is 0 Å². The van der Waals surface area contributed by atoms with Crippen molar-refractivity contribution in [1.82, 2.24) is 4.90 Å². The summed E-state index contributed by atoms with van der Waals surface area (Å²) in [5, 5.41) is 0. The Labute approximate surface area is 133 Å². The molecule has 4 nitrogen and oxygen atoms in total. The molecule has 0 bridgehead atoms. The van der Waals surface area contributed by atoms with Crippen LogP contribution in [0.25, 0.3) is 0 Å². The third-order valence-corrected chi connectivity index (χ3v) is 5.29. The lowest BCUT2D eigenvalue weighted by Crippen LogP contribution is -2.26. The minimum absolute atomic E-state index is 0.108. The van der Waals surface area contributed by atoms with Crippen LogP contribution in [0.5, 0.6) is 0 Å². The van der Waals surface area contributed by atoms with E-state index >= 15 is 0 Å². The molecular weight excluding hydrogens is 304 g/mol. The van der Waals surface area contributed by atoms with E-state index in [1.165, 1.54) is 6.42 Å². The number of thiocarbonyl (C=S) groups is 1. The van der Waals surface area contributed by atoms with Crippen LogP contribution in [0, 0.1) is 0 Å². The number of nitrogens with zero attached hydrogens (tertiary/aromatic N) is 1. The zero-order valence-electron chi connectivity index (χ0n) is 12.7. The van der Waals surface area contributed by atoms with E-state index < -0.39 is 9.84 Å². The number of unbranched alkanes of at least 4 members (excludes halogenated alkanes) is 2. The Morgan fingerprint density at radius 1 is 1.29 bits per heavy atom. The van der Waals surface area contributed by atoms with Crippen LogP contribution in [-0.4, -0.2) is 44.2 Å². The predicted octanol–water partition coefficient (Wildman–Crippen LogP) is 2.22. The van der Waals surface area contributed by atoms with Gasteiger partial charge in [0.25, 0.3) is 0 Å². The average molecular weight is 329 g/mol. The summed E-state index contributed by atoms with van der Waals surface area (Å²) in [6.45, 7) is 3.61. The second-order valence-electron chi connectivity index (χ2n) is 5.22. The largest absolute Gasteiger partial charge is 0.389 e. The van der Waals surface area contributed by atoms with Gasteiger partial charge >= 0.3 is 0 Å². The Hall–Kier alpha value is -0.980. The van der Waals surface area contributed by atoms with Crippen LogP contribution < -0.4 is 5.73 Å². The van der Waals surface area contributed by atoms with Crippen LogP contribution in [0.3, 0.4) is 0 Å². The summed E-state index contributed by atoms with van der Waals surface area (Å²) in [5.41, 5.74) is 6.13. The van der Waals surface area contributed by atoms with Gasteiger partial charge in [0.1, 0.15) is 4.99 Å². The highest BCUT2D eigenvalue weighted by atomic mass is 32.2. The Morgan fingerprint density at radius 3 is 2.62 bits per heavy atom. The molecule has 0 fully saturated rings. The number of rotatable bonds is 9. The van der Waals surface area contributed by atoms with Crippen molar-refractivity contribution in [2.75, 3.05) is 25.9 Å². The maximum atomic E-state index is 12.3. The molecule has 1 aromatic carbocycles. The first-order chi connectivity index (χ1) is 9.86. The number of nitrogens with two attached hydrogens (primary N) is 1. The molecule has 1 rings (SSSR count). The fourth-order valence-electron chi connectivity index (χ4n) is 1.98. The molecule has 21 heavy (non-hydrogen) atoms. The van der Waals surface area contributed by atoms with E-state index in [-0.39, 0.29) is 15.6 Å². The van der Waals surface area contributed by atoms with Gasteiger partial charge in [0.15, 0.2) is 9.84 Å². The molecule has 0 saturated carbocycles. The summed E-state index contributed by atoms with van der Waals surface area (Å²) in [6, 6.07) is 6.54. The van der Waals surface area contributed by atoms with Crippen molar-refractivity contribution in [3.8, 4) is 0 Å². The zero-order valence-corrected chi connectivity index (χ0v) is 14.3. The van der Waals surface area contributed by atoms with Gasteiger partial charge < -0.3 is 10.6 Å². The van der Waals surface area contributed by atoms with Crippen molar-refractivity contribution in [2.24, 2.45) is 5.73 Å². The molecular formula is C15H24N2O2S2. The molecule has 118 valence electrons. The van der Waals surface area contributed by atoms with Crippen LogP contribution in [0.2, 0.25) is 0 Å². The molecule has 0 aromatic heterocycles. The van der Waals surface area contributed by atoms with E-state index in [4.69, 9.17) is 18.0 Å². The predicted molar refractivity (Wildman–Crippen MR) is 91.4 cm³/mol. The third-order valence-electron chi connectivity index (χ3n) is 3.36. The standard InChI is InChI=1S/C15H24N2O2S2/c1-3-4-5-9-17(2)10-11-21(18,19)14-8-6-7-13(12-14)15(16)20/h6-8,12H,3-5,9-11H2,1-2H3,(H2,16,20). The van der Waals surface area contributed by atoms with Crippen molar-refractivity contribution in [2.45, 2.75) is 31.1 Å². The van der Waals surface area contributed by atoms with E-state index in [9.17, 15) is 8.42 Å². The highest BCUT2D eigenvalue weighted by molar-refractivity contribution is 7.91. The lowest BCUT2D eigenvalue weighted by molar-refractivity contribution is 0.343. The Kier molecular flexibility index (Phi) is 7.28. The quantitative estimate of drug-likeness (QED) is 0.556. The molecule has 0 amide bonds. The molecule has 0 heterocycles. The van der Waals surface area contributed by atoms with Crippen LogP contribution in [0.1, 0.15) is 31.7 Å². The van der Waals surface area contributed by atoms with Crippen LogP contribution in [0.15, 0.2) is 29.2 Å². The van der Waals surface area contributed by atoms with Gasteiger partial charge in [0.05, 0.1) is 10.6 Å². The summed E-state index contributed by atoms with van der Waals surface area (Å²) in [4.78, 5) is 2.56. The molecule has 0 unspecified atom stereocenters. The van der Waals surface area contributed by atoms with Crippen molar-refractivity contribution in [3.05, 3.63) is 29.8 Å². The fraction of sp³-hybridized carbons (Fsp3) is 0.533. The summed E-state index contributed by atoms with van der Waals surface area (Å²) < 4.78 is 24.7. The van der Waals surface area contributed by atoms with Gasteiger partial charge in [0, 0.05) is 12.1 Å². The average Bonchev–Trinajstić information content (AvgIpc) is 2.45. The first-order valence-corrected chi connectivity index (χ1v) is 9.24. The smallest absolute Gasteiger partial charge is 0.179 e. The first-order valence-electron chi connectivity index (χ1n) is 7.18. The summed E-state index contributed by atoms with van der Waals surface area (Å²) >= 11 is 4.88. The summed E-state index contributed by atoms with van der Waals surface area (Å²) in [7, 11) is -1.34. The van der Waals surface area contributed by atoms with Crippen molar-refractivity contribution >= 4 is 27.0 Å². The Morgan fingerprint density at radius 2 is 2.00 bits per heavy atom.